The number of anilines is 3. The van der Waals surface area contributed by atoms with Crippen LogP contribution in [0.5, 0.6) is 0 Å². The third-order valence-corrected chi connectivity index (χ3v) is 8.92. The summed E-state index contributed by atoms with van der Waals surface area (Å²) in [7, 11) is 0. The zero-order chi connectivity index (χ0) is 27.9. The smallest absolute Gasteiger partial charge is 0.307 e. The number of benzene rings is 2. The van der Waals surface area contributed by atoms with Crippen molar-refractivity contribution >= 4 is 45.9 Å². The van der Waals surface area contributed by atoms with Crippen molar-refractivity contribution in [2.45, 2.75) is 32.1 Å². The van der Waals surface area contributed by atoms with E-state index in [1.165, 1.54) is 6.20 Å². The molecule has 2 bridgehead atoms. The van der Waals surface area contributed by atoms with Gasteiger partial charge in [0, 0.05) is 29.3 Å². The molecule has 8 rings (SSSR count). The maximum atomic E-state index is 12.4. The molecule has 3 fully saturated rings. The molecule has 3 saturated carbocycles. The van der Waals surface area contributed by atoms with E-state index in [2.05, 4.69) is 19.9 Å². The lowest BCUT2D eigenvalue weighted by atomic mass is 9.57. The molecule has 0 saturated heterocycles. The van der Waals surface area contributed by atoms with E-state index in [1.54, 1.807) is 0 Å². The third-order valence-electron chi connectivity index (χ3n) is 8.74. The number of fused-ring (bicyclic) bond motifs is 4. The molecule has 0 amide bonds. The van der Waals surface area contributed by atoms with Crippen LogP contribution in [0.4, 0.5) is 17.2 Å². The van der Waals surface area contributed by atoms with Crippen molar-refractivity contribution in [1.29, 1.82) is 0 Å². The Kier molecular flexibility index (Phi) is 6.63. The van der Waals surface area contributed by atoms with E-state index in [0.29, 0.717) is 40.7 Å². The van der Waals surface area contributed by atoms with E-state index in [9.17, 15) is 9.90 Å². The minimum Gasteiger partial charge on any atom is -0.481 e. The van der Waals surface area contributed by atoms with Crippen LogP contribution in [-0.4, -0.2) is 36.0 Å². The molecule has 2 unspecified atom stereocenters. The number of rotatable bonds is 7. The van der Waals surface area contributed by atoms with Crippen LogP contribution in [-0.2, 0) is 11.2 Å². The minimum absolute atomic E-state index is 0.0368. The van der Waals surface area contributed by atoms with Gasteiger partial charge in [0.1, 0.15) is 16.5 Å². The van der Waals surface area contributed by atoms with Gasteiger partial charge in [-0.2, -0.15) is 0 Å². The number of para-hydroxylation sites is 2. The van der Waals surface area contributed by atoms with E-state index in [4.69, 9.17) is 21.6 Å². The first-order chi connectivity index (χ1) is 20.0. The van der Waals surface area contributed by atoms with Gasteiger partial charge in [-0.25, -0.2) is 19.9 Å². The Morgan fingerprint density at radius 2 is 1.59 bits per heavy atom. The number of aliphatic carboxylic acids is 1. The maximum Gasteiger partial charge on any atom is 0.307 e. The lowest BCUT2D eigenvalue weighted by Gasteiger charge is -2.46. The summed E-state index contributed by atoms with van der Waals surface area (Å²) < 4.78 is 0. The lowest BCUT2D eigenvalue weighted by Crippen LogP contribution is -2.45. The first-order valence-corrected chi connectivity index (χ1v) is 14.4. The van der Waals surface area contributed by atoms with Crippen LogP contribution in [0.15, 0.2) is 79.1 Å². The second-order valence-corrected chi connectivity index (χ2v) is 11.4. The second kappa shape index (κ2) is 10.6. The van der Waals surface area contributed by atoms with Gasteiger partial charge in [0.15, 0.2) is 11.5 Å². The quantitative estimate of drug-likeness (QED) is 0.215. The van der Waals surface area contributed by atoms with Crippen LogP contribution in [0.2, 0.25) is 5.15 Å². The normalized spacial score (nSPS) is 21.7. The van der Waals surface area contributed by atoms with Crippen molar-refractivity contribution in [3.63, 3.8) is 0 Å². The number of halogens is 1. The molecule has 0 radical (unpaired) electrons. The van der Waals surface area contributed by atoms with Gasteiger partial charge in [-0.15, -0.1) is 0 Å². The van der Waals surface area contributed by atoms with Crippen LogP contribution >= 0.6 is 11.6 Å². The Labute approximate surface area is 242 Å². The highest BCUT2D eigenvalue weighted by atomic mass is 35.5. The molecular weight excluding hydrogens is 536 g/mol. The molecule has 5 aromatic rings. The molecule has 3 aliphatic carbocycles. The van der Waals surface area contributed by atoms with Gasteiger partial charge in [-0.05, 0) is 74.1 Å². The predicted molar refractivity (Wildman–Crippen MR) is 158 cm³/mol. The molecule has 206 valence electrons. The highest BCUT2D eigenvalue weighted by molar-refractivity contribution is 6.29. The van der Waals surface area contributed by atoms with Crippen molar-refractivity contribution in [3.8, 4) is 11.4 Å². The van der Waals surface area contributed by atoms with Crippen molar-refractivity contribution in [3.05, 3.63) is 90.0 Å². The van der Waals surface area contributed by atoms with Gasteiger partial charge in [0.05, 0.1) is 17.7 Å². The molecule has 2 atom stereocenters. The number of aromatic nitrogens is 5. The van der Waals surface area contributed by atoms with Gasteiger partial charge in [0.2, 0.25) is 0 Å². The molecule has 3 aliphatic rings. The molecule has 2 N–H and O–H groups in total. The summed E-state index contributed by atoms with van der Waals surface area (Å²) in [6, 6.07) is 22.2. The molecule has 41 heavy (non-hydrogen) atoms. The van der Waals surface area contributed by atoms with E-state index in [-0.39, 0.29) is 22.9 Å². The third kappa shape index (κ3) is 4.82. The zero-order valence-electron chi connectivity index (χ0n) is 22.3. The second-order valence-electron chi connectivity index (χ2n) is 11.0. The number of nitrogens with zero attached hydrogens (tertiary/aromatic N) is 5. The fourth-order valence-corrected chi connectivity index (χ4v) is 7.06. The average Bonchev–Trinajstić information content (AvgIpc) is 3.42. The Hall–Kier alpha value is -4.30. The Morgan fingerprint density at radius 3 is 2.24 bits per heavy atom. The Bertz CT molecular complexity index is 1660. The number of nitrogens with one attached hydrogen (secondary N) is 1. The number of carboxylic acids is 1. The maximum absolute atomic E-state index is 12.4. The van der Waals surface area contributed by atoms with Crippen molar-refractivity contribution in [1.82, 2.24) is 24.9 Å². The van der Waals surface area contributed by atoms with Crippen molar-refractivity contribution in [2.24, 2.45) is 23.7 Å². The lowest BCUT2D eigenvalue weighted by molar-refractivity contribution is -0.152. The molecule has 8 nitrogen and oxygen atoms in total. The van der Waals surface area contributed by atoms with Crippen LogP contribution in [0.25, 0.3) is 22.6 Å². The van der Waals surface area contributed by atoms with Gasteiger partial charge in [0.25, 0.3) is 0 Å². The number of hydrogen-bond acceptors (Lipinski definition) is 6. The number of carboxylic acid groups (broad SMARTS) is 1. The van der Waals surface area contributed by atoms with Gasteiger partial charge < -0.3 is 10.1 Å². The van der Waals surface area contributed by atoms with E-state index < -0.39 is 5.97 Å². The number of hydrogen-bond donors (Lipinski definition) is 2. The molecule has 3 heterocycles. The predicted octanol–water partition coefficient (Wildman–Crippen LogP) is 7.22. The van der Waals surface area contributed by atoms with Gasteiger partial charge in [-0.1, -0.05) is 48.0 Å². The van der Waals surface area contributed by atoms with Gasteiger partial charge >= 0.3 is 5.97 Å². The monoisotopic (exact) mass is 564 g/mol. The number of aromatic amines is 1. The van der Waals surface area contributed by atoms with E-state index in [1.807, 2.05) is 72.9 Å². The van der Waals surface area contributed by atoms with Crippen LogP contribution in [0.3, 0.4) is 0 Å². The molecule has 0 spiro atoms. The zero-order valence-corrected chi connectivity index (χ0v) is 23.1. The highest BCUT2D eigenvalue weighted by Crippen LogP contribution is 2.50. The van der Waals surface area contributed by atoms with Crippen LogP contribution in [0, 0.1) is 23.7 Å². The summed E-state index contributed by atoms with van der Waals surface area (Å²) in [6.07, 6.45) is 8.06. The first-order valence-electron chi connectivity index (χ1n) is 14.1. The van der Waals surface area contributed by atoms with Crippen molar-refractivity contribution in [2.75, 3.05) is 4.90 Å². The van der Waals surface area contributed by atoms with E-state index in [0.717, 1.165) is 42.8 Å². The fourth-order valence-electron chi connectivity index (χ4n) is 6.93. The van der Waals surface area contributed by atoms with E-state index >= 15 is 0 Å². The Morgan fingerprint density at radius 1 is 0.927 bits per heavy atom. The SMILES string of the molecule is O=C(O)C1C2CCC(CC2)C1Cc1cc(N(c2ccccc2)c2ccccc2)nc(-c2c[nH]c3ncc(Cl)nc23)n1. The highest BCUT2D eigenvalue weighted by Gasteiger charge is 2.47. The number of carbonyl (C=O) groups is 1. The molecule has 3 aromatic heterocycles. The minimum atomic E-state index is -0.685. The van der Waals surface area contributed by atoms with Crippen LogP contribution in [0.1, 0.15) is 31.4 Å². The summed E-state index contributed by atoms with van der Waals surface area (Å²) in [5.41, 5.74) is 4.60. The first kappa shape index (κ1) is 25.7. The summed E-state index contributed by atoms with van der Waals surface area (Å²) in [6.45, 7) is 0. The molecular formula is C32H29ClN6O2. The van der Waals surface area contributed by atoms with Gasteiger partial charge in [-0.3, -0.25) is 9.69 Å². The topological polar surface area (TPSA) is 108 Å². The fraction of sp³-hybridized carbons (Fsp3) is 0.281. The van der Waals surface area contributed by atoms with Crippen molar-refractivity contribution < 1.29 is 9.90 Å². The summed E-state index contributed by atoms with van der Waals surface area (Å²) in [4.78, 5) is 36.7. The average molecular weight is 565 g/mol. The standard InChI is InChI=1S/C32H29ClN6O2/c33-26-18-35-31-29(37-26)25(17-34-31)30-36-21(15-24-19-11-13-20(14-12-19)28(24)32(40)41)16-27(38-30)39(22-7-3-1-4-8-22)23-9-5-2-6-10-23/h1-10,16-20,24,28H,11-15H2,(H,34,35)(H,40,41). The molecule has 9 heteroatoms. The summed E-state index contributed by atoms with van der Waals surface area (Å²) in [5, 5.41) is 10.5. The van der Waals surface area contributed by atoms with Crippen LogP contribution < -0.4 is 4.90 Å². The number of H-pyrrole nitrogens is 1. The Balaban J connectivity index is 1.40. The molecule has 0 aliphatic heterocycles. The largest absolute Gasteiger partial charge is 0.481 e. The summed E-state index contributed by atoms with van der Waals surface area (Å²) in [5.74, 6) is 0.816. The molecule has 2 aromatic carbocycles. The summed E-state index contributed by atoms with van der Waals surface area (Å²) >= 11 is 6.23.